The number of sulfone groups is 1. The van der Waals surface area contributed by atoms with Gasteiger partial charge in [-0.15, -0.1) is 0 Å². The predicted octanol–water partition coefficient (Wildman–Crippen LogP) is 5.42. The van der Waals surface area contributed by atoms with E-state index in [0.717, 1.165) is 38.8 Å². The summed E-state index contributed by atoms with van der Waals surface area (Å²) in [7, 11) is -2.59. The van der Waals surface area contributed by atoms with Crippen LogP contribution in [-0.4, -0.2) is 103 Å². The van der Waals surface area contributed by atoms with Crippen molar-refractivity contribution in [3.8, 4) is 11.5 Å². The highest BCUT2D eigenvalue weighted by Gasteiger charge is 2.26. The molecule has 1 saturated heterocycles. The number of hydrogen-bond acceptors (Lipinski definition) is 12. The molecule has 4 aromatic carbocycles. The minimum Gasteiger partial charge on any atom is -0.506 e. The number of primary amides is 1. The molecule has 16 heteroatoms. The van der Waals surface area contributed by atoms with E-state index in [4.69, 9.17) is 10.5 Å². The molecule has 0 aliphatic carbocycles. The summed E-state index contributed by atoms with van der Waals surface area (Å²) in [5, 5.41) is 28.4. The zero-order valence-electron chi connectivity index (χ0n) is 34.7. The second kappa shape index (κ2) is 19.2. The van der Waals surface area contributed by atoms with Crippen LogP contribution in [0.4, 0.5) is 11.4 Å². The number of unbranched alkanes of at least 4 members (excludes halogenated alkanes) is 3. The van der Waals surface area contributed by atoms with Gasteiger partial charge in [-0.1, -0.05) is 31.0 Å². The number of pyridine rings is 2. The van der Waals surface area contributed by atoms with Gasteiger partial charge in [0.2, 0.25) is 15.4 Å². The molecule has 2 amide bonds. The lowest BCUT2D eigenvalue weighted by molar-refractivity contribution is 0.0634. The summed E-state index contributed by atoms with van der Waals surface area (Å²) in [5.74, 6) is -0.428. The van der Waals surface area contributed by atoms with E-state index >= 15 is 0 Å². The van der Waals surface area contributed by atoms with Gasteiger partial charge >= 0.3 is 0 Å². The van der Waals surface area contributed by atoms with Crippen molar-refractivity contribution < 1.29 is 33.0 Å². The van der Waals surface area contributed by atoms with E-state index in [9.17, 15) is 33.0 Å². The number of rotatable bonds is 17. The average Bonchev–Trinajstić information content (AvgIpc) is 3.27. The highest BCUT2D eigenvalue weighted by molar-refractivity contribution is 7.91. The third kappa shape index (κ3) is 9.73. The molecule has 3 heterocycles. The Kier molecular flexibility index (Phi) is 13.5. The smallest absolute Gasteiger partial charge is 0.253 e. The molecule has 324 valence electrons. The monoisotopic (exact) mass is 861 g/mol. The number of aromatic amines is 1. The van der Waals surface area contributed by atoms with E-state index in [2.05, 4.69) is 25.5 Å². The zero-order chi connectivity index (χ0) is 44.0. The number of ether oxygens (including phenoxy) is 1. The first-order chi connectivity index (χ1) is 29.8. The van der Waals surface area contributed by atoms with Gasteiger partial charge in [-0.3, -0.25) is 24.3 Å². The van der Waals surface area contributed by atoms with Crippen LogP contribution in [0.2, 0.25) is 0 Å². The zero-order valence-corrected chi connectivity index (χ0v) is 35.5. The first kappa shape index (κ1) is 43.7. The van der Waals surface area contributed by atoms with E-state index in [1.165, 1.54) is 42.6 Å². The number of phenolic OH excluding ortho intramolecular Hbond substituents is 1. The summed E-state index contributed by atoms with van der Waals surface area (Å²) < 4.78 is 33.8. The number of carbonyl (C=O) groups excluding carboxylic acids is 2. The number of benzene rings is 4. The fourth-order valence-corrected chi connectivity index (χ4v) is 9.31. The SMILES string of the molecule is COc1cccc(Nc2c(C(N)=O)cnc3c(C)cc(S(=O)(=O)c4cccc(C(=O)N5CCN(CCCCCCNCC(O)c6ccc(O)c7[nH]c(=O)ccc67)CC5)c4)cc23)c1. The summed E-state index contributed by atoms with van der Waals surface area (Å²) >= 11 is 0. The van der Waals surface area contributed by atoms with Crippen LogP contribution in [0.3, 0.4) is 0 Å². The van der Waals surface area contributed by atoms with E-state index in [0.29, 0.717) is 82.8 Å². The maximum Gasteiger partial charge on any atom is 0.253 e. The molecule has 1 aliphatic heterocycles. The molecule has 0 radical (unpaired) electrons. The highest BCUT2D eigenvalue weighted by atomic mass is 32.2. The number of phenols is 1. The molecule has 1 fully saturated rings. The van der Waals surface area contributed by atoms with Crippen LogP contribution >= 0.6 is 0 Å². The van der Waals surface area contributed by atoms with Crippen molar-refractivity contribution in [2.24, 2.45) is 5.73 Å². The summed E-state index contributed by atoms with van der Waals surface area (Å²) in [6.07, 6.45) is 4.60. The molecule has 0 spiro atoms. The summed E-state index contributed by atoms with van der Waals surface area (Å²) in [6, 6.07) is 22.3. The molecule has 2 aromatic heterocycles. The first-order valence-electron chi connectivity index (χ1n) is 20.6. The lowest BCUT2D eigenvalue weighted by Crippen LogP contribution is -2.48. The molecule has 1 unspecified atom stereocenters. The Labute approximate surface area is 359 Å². The molecule has 0 bridgehead atoms. The van der Waals surface area contributed by atoms with Crippen LogP contribution in [-0.2, 0) is 9.84 Å². The number of aromatic hydroxyl groups is 1. The van der Waals surface area contributed by atoms with Gasteiger partial charge in [-0.25, -0.2) is 8.42 Å². The van der Waals surface area contributed by atoms with Crippen molar-refractivity contribution in [3.63, 3.8) is 0 Å². The summed E-state index contributed by atoms with van der Waals surface area (Å²) in [5.41, 5.74) is 8.70. The number of methoxy groups -OCH3 is 1. The Bertz CT molecular complexity index is 2790. The van der Waals surface area contributed by atoms with Gasteiger partial charge in [0.05, 0.1) is 45.3 Å². The van der Waals surface area contributed by atoms with Crippen molar-refractivity contribution >= 4 is 54.8 Å². The number of H-pyrrole nitrogens is 1. The number of anilines is 2. The first-order valence-corrected chi connectivity index (χ1v) is 22.1. The number of nitrogens with one attached hydrogen (secondary N) is 3. The second-order valence-corrected chi connectivity index (χ2v) is 17.4. The highest BCUT2D eigenvalue weighted by Crippen LogP contribution is 2.35. The van der Waals surface area contributed by atoms with Crippen molar-refractivity contribution in [1.82, 2.24) is 25.1 Å². The van der Waals surface area contributed by atoms with E-state index in [-0.39, 0.29) is 38.1 Å². The fourth-order valence-electron chi connectivity index (χ4n) is 7.90. The fraction of sp³-hybridized carbons (Fsp3) is 0.304. The molecule has 1 atom stereocenters. The normalized spacial score (nSPS) is 14.0. The molecular weight excluding hydrogens is 811 g/mol. The Morgan fingerprint density at radius 2 is 1.69 bits per heavy atom. The van der Waals surface area contributed by atoms with Crippen molar-refractivity contribution in [2.75, 3.05) is 58.2 Å². The number of amides is 2. The van der Waals surface area contributed by atoms with Gasteiger partial charge in [0.25, 0.3) is 11.8 Å². The largest absolute Gasteiger partial charge is 0.506 e. The Balaban J connectivity index is 0.909. The molecule has 6 aromatic rings. The Hall–Kier alpha value is -6.33. The van der Waals surface area contributed by atoms with Crippen molar-refractivity contribution in [3.05, 3.63) is 124 Å². The Morgan fingerprint density at radius 1 is 0.919 bits per heavy atom. The third-order valence-electron chi connectivity index (χ3n) is 11.3. The summed E-state index contributed by atoms with van der Waals surface area (Å²) in [6.45, 7) is 6.22. The van der Waals surface area contributed by atoms with Crippen molar-refractivity contribution in [2.45, 2.75) is 48.5 Å². The molecule has 7 rings (SSSR count). The number of aromatic nitrogens is 2. The van der Waals surface area contributed by atoms with Crippen LogP contribution in [0.15, 0.2) is 106 Å². The molecule has 0 saturated carbocycles. The van der Waals surface area contributed by atoms with Gasteiger partial charge in [0.15, 0.2) is 0 Å². The van der Waals surface area contributed by atoms with Gasteiger partial charge in [0, 0.05) is 73.1 Å². The number of carbonyl (C=O) groups is 2. The van der Waals surface area contributed by atoms with Gasteiger partial charge in [-0.2, -0.15) is 0 Å². The molecule has 62 heavy (non-hydrogen) atoms. The van der Waals surface area contributed by atoms with E-state index < -0.39 is 21.8 Å². The van der Waals surface area contributed by atoms with Gasteiger partial charge in [-0.05, 0) is 98.6 Å². The predicted molar refractivity (Wildman–Crippen MR) is 238 cm³/mol. The van der Waals surface area contributed by atoms with Gasteiger partial charge in [0.1, 0.15) is 11.5 Å². The van der Waals surface area contributed by atoms with Crippen LogP contribution in [0.5, 0.6) is 11.5 Å². The molecule has 7 N–H and O–H groups in total. The molecule has 15 nitrogen and oxygen atoms in total. The van der Waals surface area contributed by atoms with Crippen LogP contribution in [0.25, 0.3) is 21.8 Å². The third-order valence-corrected chi connectivity index (χ3v) is 13.0. The number of aliphatic hydroxyl groups excluding tert-OH is 1. The number of nitrogens with two attached hydrogens (primary N) is 1. The second-order valence-electron chi connectivity index (χ2n) is 15.5. The van der Waals surface area contributed by atoms with E-state index in [1.54, 1.807) is 67.5 Å². The number of aliphatic hydroxyl groups is 1. The van der Waals surface area contributed by atoms with Crippen LogP contribution in [0, 0.1) is 6.92 Å². The molecule has 1 aliphatic rings. The Morgan fingerprint density at radius 3 is 2.47 bits per heavy atom. The number of hydrogen-bond donors (Lipinski definition) is 6. The minimum absolute atomic E-state index is 0.0206. The number of fused-ring (bicyclic) bond motifs is 2. The quantitative estimate of drug-likeness (QED) is 0.0634. The van der Waals surface area contributed by atoms with Crippen LogP contribution in [0.1, 0.15) is 63.6 Å². The number of aryl methyl sites for hydroxylation is 1. The van der Waals surface area contributed by atoms with E-state index in [1.807, 2.05) is 0 Å². The average molecular weight is 862 g/mol. The number of piperazine rings is 1. The topological polar surface area (TPSA) is 220 Å². The lowest BCUT2D eigenvalue weighted by atomic mass is 10.0. The lowest BCUT2D eigenvalue weighted by Gasteiger charge is -2.34. The van der Waals surface area contributed by atoms with Crippen molar-refractivity contribution in [1.29, 1.82) is 0 Å². The minimum atomic E-state index is -4.13. The maximum atomic E-state index is 14.2. The van der Waals surface area contributed by atoms with Gasteiger partial charge < -0.3 is 41.2 Å². The number of nitrogens with zero attached hydrogens (tertiary/aromatic N) is 3. The standard InChI is InChI=1S/C46H51N7O8S/c1-29-23-34(26-37-42(29)49-27-38(45(47)57)43(37)50-31-10-8-11-32(25-31)61-2)62(59,60)33-12-7-9-30(24-33)46(58)53-21-19-52(20-22-53)18-6-4-3-5-17-48-28-40(55)35-13-15-39(54)44-36(35)14-16-41(56)51-44/h7-16,23-27,40,48,54-55H,3-6,17-22,28H2,1-2H3,(H2,47,57)(H,49,50)(H,51,56). The summed E-state index contributed by atoms with van der Waals surface area (Å²) in [4.78, 5) is 49.1. The van der Waals surface area contributed by atoms with Crippen LogP contribution < -0.4 is 26.7 Å². The molecular formula is C46H51N7O8S. The maximum absolute atomic E-state index is 14.2.